The Hall–Kier alpha value is -0.400. The Kier molecular flexibility index (Phi) is 4.30. The maximum Gasteiger partial charge on any atom is 0.260 e. The van der Waals surface area contributed by atoms with Gasteiger partial charge in [-0.25, -0.2) is 13.4 Å². The van der Waals surface area contributed by atoms with Gasteiger partial charge in [0.05, 0.1) is 6.20 Å². The molecule has 0 fully saturated rings. The molecular weight excluding hydrogens is 282 g/mol. The Morgan fingerprint density at radius 3 is 2.67 bits per heavy atom. The van der Waals surface area contributed by atoms with E-state index < -0.39 is 10.0 Å². The number of hydrogen-bond donors (Lipinski definition) is 1. The van der Waals surface area contributed by atoms with Crippen molar-refractivity contribution < 1.29 is 8.42 Å². The average molecular weight is 296 g/mol. The van der Waals surface area contributed by atoms with Gasteiger partial charge in [0.15, 0.2) is 5.03 Å². The van der Waals surface area contributed by atoms with Crippen molar-refractivity contribution in [2.45, 2.75) is 18.9 Å². The molecule has 0 aromatic carbocycles. The summed E-state index contributed by atoms with van der Waals surface area (Å²) < 4.78 is 25.4. The quantitative estimate of drug-likeness (QED) is 0.828. The third kappa shape index (κ3) is 2.79. The number of halogens is 1. The highest BCUT2D eigenvalue weighted by Crippen LogP contribution is 2.12. The van der Waals surface area contributed by atoms with E-state index in [0.717, 1.165) is 0 Å². The minimum absolute atomic E-state index is 0.155. The molecule has 0 aliphatic carbocycles. The molecule has 0 saturated heterocycles. The van der Waals surface area contributed by atoms with Crippen LogP contribution in [0, 0.1) is 6.92 Å². The van der Waals surface area contributed by atoms with Crippen LogP contribution in [-0.4, -0.2) is 41.1 Å². The minimum atomic E-state index is -3.41. The van der Waals surface area contributed by atoms with Crippen LogP contribution in [0.4, 0.5) is 0 Å². The van der Waals surface area contributed by atoms with Gasteiger partial charge in [-0.2, -0.15) is 4.31 Å². The van der Waals surface area contributed by atoms with E-state index in [0.29, 0.717) is 24.2 Å². The van der Waals surface area contributed by atoms with E-state index in [4.69, 9.17) is 0 Å². The number of alkyl halides is 1. The summed E-state index contributed by atoms with van der Waals surface area (Å²) in [4.78, 5) is 6.62. The normalized spacial score (nSPS) is 12.3. The van der Waals surface area contributed by atoms with Crippen LogP contribution in [0.1, 0.15) is 12.7 Å². The van der Waals surface area contributed by atoms with Gasteiger partial charge in [-0.15, -0.1) is 0 Å². The minimum Gasteiger partial charge on any atom is -0.332 e. The highest BCUT2D eigenvalue weighted by atomic mass is 79.9. The summed E-state index contributed by atoms with van der Waals surface area (Å²) in [7, 11) is -3.41. The van der Waals surface area contributed by atoms with Crippen molar-refractivity contribution in [2.24, 2.45) is 0 Å². The van der Waals surface area contributed by atoms with Crippen LogP contribution in [0.2, 0.25) is 0 Å². The lowest BCUT2D eigenvalue weighted by molar-refractivity contribution is 0.446. The van der Waals surface area contributed by atoms with Crippen LogP contribution < -0.4 is 0 Å². The third-order valence-corrected chi connectivity index (χ3v) is 4.22. The van der Waals surface area contributed by atoms with E-state index in [1.165, 1.54) is 10.5 Å². The van der Waals surface area contributed by atoms with Gasteiger partial charge in [0.2, 0.25) is 0 Å². The van der Waals surface area contributed by atoms with Crippen LogP contribution >= 0.6 is 15.9 Å². The second-order valence-corrected chi connectivity index (χ2v) is 5.72. The fourth-order valence-electron chi connectivity index (χ4n) is 1.21. The zero-order valence-corrected chi connectivity index (χ0v) is 11.1. The molecular formula is C8H14BrN3O2S. The molecule has 0 unspecified atom stereocenters. The molecule has 1 aromatic heterocycles. The second kappa shape index (κ2) is 5.09. The van der Waals surface area contributed by atoms with E-state index in [-0.39, 0.29) is 5.03 Å². The fraction of sp³-hybridized carbons (Fsp3) is 0.625. The molecule has 0 atom stereocenters. The van der Waals surface area contributed by atoms with E-state index in [2.05, 4.69) is 25.9 Å². The Labute approximate surface area is 98.1 Å². The van der Waals surface area contributed by atoms with Crippen LogP contribution in [-0.2, 0) is 10.0 Å². The monoisotopic (exact) mass is 295 g/mol. The highest BCUT2D eigenvalue weighted by molar-refractivity contribution is 9.09. The van der Waals surface area contributed by atoms with Crippen molar-refractivity contribution >= 4 is 26.0 Å². The number of sulfonamides is 1. The zero-order valence-electron chi connectivity index (χ0n) is 8.70. The SMILES string of the molecule is CCN(CCBr)S(=O)(=O)c1cnc(C)[nH]1. The van der Waals surface area contributed by atoms with Crippen LogP contribution in [0.15, 0.2) is 11.2 Å². The molecule has 0 aliphatic rings. The van der Waals surface area contributed by atoms with Crippen LogP contribution in [0.25, 0.3) is 0 Å². The molecule has 1 heterocycles. The Morgan fingerprint density at radius 1 is 1.60 bits per heavy atom. The zero-order chi connectivity index (χ0) is 11.5. The number of H-pyrrole nitrogens is 1. The third-order valence-electron chi connectivity index (χ3n) is 1.98. The number of hydrogen-bond acceptors (Lipinski definition) is 3. The van der Waals surface area contributed by atoms with Crippen molar-refractivity contribution in [3.05, 3.63) is 12.0 Å². The summed E-state index contributed by atoms with van der Waals surface area (Å²) in [6.07, 6.45) is 1.35. The maximum atomic E-state index is 12.0. The number of imidazole rings is 1. The smallest absolute Gasteiger partial charge is 0.260 e. The van der Waals surface area contributed by atoms with Crippen molar-refractivity contribution in [1.82, 2.24) is 14.3 Å². The Balaban J connectivity index is 3.00. The molecule has 0 bridgehead atoms. The number of nitrogens with zero attached hydrogens (tertiary/aromatic N) is 2. The molecule has 1 aromatic rings. The lowest BCUT2D eigenvalue weighted by Crippen LogP contribution is -2.32. The lowest BCUT2D eigenvalue weighted by Gasteiger charge is -2.17. The first-order chi connectivity index (χ1) is 7.02. The Bertz CT molecular complexity index is 415. The lowest BCUT2D eigenvalue weighted by atomic mass is 10.7. The van der Waals surface area contributed by atoms with E-state index in [9.17, 15) is 8.42 Å². The first-order valence-electron chi connectivity index (χ1n) is 4.60. The van der Waals surface area contributed by atoms with Gasteiger partial charge < -0.3 is 4.98 Å². The predicted octanol–water partition coefficient (Wildman–Crippen LogP) is 1.12. The van der Waals surface area contributed by atoms with Gasteiger partial charge >= 0.3 is 0 Å². The van der Waals surface area contributed by atoms with Gasteiger partial charge in [0, 0.05) is 18.4 Å². The van der Waals surface area contributed by atoms with E-state index in [1.807, 2.05) is 6.92 Å². The van der Waals surface area contributed by atoms with Gasteiger partial charge in [0.1, 0.15) is 5.82 Å². The molecule has 0 radical (unpaired) electrons. The van der Waals surface area contributed by atoms with Gasteiger partial charge in [0.25, 0.3) is 10.0 Å². The summed E-state index contributed by atoms with van der Waals surface area (Å²) in [5.74, 6) is 0.600. The highest BCUT2D eigenvalue weighted by Gasteiger charge is 2.23. The molecule has 0 saturated carbocycles. The van der Waals surface area contributed by atoms with E-state index >= 15 is 0 Å². The molecule has 7 heteroatoms. The number of aryl methyl sites for hydroxylation is 1. The van der Waals surface area contributed by atoms with Crippen molar-refractivity contribution in [3.63, 3.8) is 0 Å². The van der Waals surface area contributed by atoms with Crippen molar-refractivity contribution in [2.75, 3.05) is 18.4 Å². The summed E-state index contributed by atoms with van der Waals surface area (Å²) >= 11 is 3.23. The first kappa shape index (κ1) is 12.7. The number of nitrogens with one attached hydrogen (secondary N) is 1. The van der Waals surface area contributed by atoms with Crippen molar-refractivity contribution in [3.8, 4) is 0 Å². The topological polar surface area (TPSA) is 66.1 Å². The molecule has 86 valence electrons. The predicted molar refractivity (Wildman–Crippen MR) is 61.6 cm³/mol. The van der Waals surface area contributed by atoms with E-state index in [1.54, 1.807) is 6.92 Å². The van der Waals surface area contributed by atoms with Crippen molar-refractivity contribution in [1.29, 1.82) is 0 Å². The maximum absolute atomic E-state index is 12.0. The fourth-order valence-corrected chi connectivity index (χ4v) is 3.29. The van der Waals surface area contributed by atoms with Gasteiger partial charge in [-0.05, 0) is 6.92 Å². The summed E-state index contributed by atoms with van der Waals surface area (Å²) in [5.41, 5.74) is 0. The summed E-state index contributed by atoms with van der Waals surface area (Å²) in [5, 5.41) is 0.774. The number of rotatable bonds is 5. The average Bonchev–Trinajstić information content (AvgIpc) is 2.61. The largest absolute Gasteiger partial charge is 0.332 e. The summed E-state index contributed by atoms with van der Waals surface area (Å²) in [6, 6.07) is 0. The summed E-state index contributed by atoms with van der Waals surface area (Å²) in [6.45, 7) is 4.44. The van der Waals surface area contributed by atoms with Crippen LogP contribution in [0.3, 0.4) is 0 Å². The van der Waals surface area contributed by atoms with Gasteiger partial charge in [-0.3, -0.25) is 0 Å². The molecule has 1 rings (SSSR count). The number of aromatic amines is 1. The van der Waals surface area contributed by atoms with Gasteiger partial charge in [-0.1, -0.05) is 22.9 Å². The first-order valence-corrected chi connectivity index (χ1v) is 7.16. The Morgan fingerprint density at radius 2 is 2.27 bits per heavy atom. The molecule has 15 heavy (non-hydrogen) atoms. The standard InChI is InChI=1S/C8H14BrN3O2S/c1-3-12(5-4-9)15(13,14)8-6-10-7(2)11-8/h6H,3-5H2,1-2H3,(H,10,11). The molecule has 1 N–H and O–H groups in total. The number of aromatic nitrogens is 2. The molecule has 0 aliphatic heterocycles. The molecule has 5 nitrogen and oxygen atoms in total. The molecule has 0 amide bonds. The van der Waals surface area contributed by atoms with Crippen LogP contribution in [0.5, 0.6) is 0 Å². The second-order valence-electron chi connectivity index (χ2n) is 3.02. The molecule has 0 spiro atoms.